The minimum Gasteiger partial charge on any atom is -0.507 e. The topological polar surface area (TPSA) is 195 Å². The van der Waals surface area contributed by atoms with E-state index in [1.165, 1.54) is 29.3 Å². The van der Waals surface area contributed by atoms with Crippen LogP contribution in [0.25, 0.3) is 0 Å². The highest BCUT2D eigenvalue weighted by molar-refractivity contribution is 7.85. The van der Waals surface area contributed by atoms with Gasteiger partial charge >= 0.3 is 0 Å². The smallest absolute Gasteiger partial charge is 0.294 e. The van der Waals surface area contributed by atoms with Gasteiger partial charge in [0.2, 0.25) is 11.6 Å². The Labute approximate surface area is 424 Å². The Kier molecular flexibility index (Phi) is 15.9. The minimum atomic E-state index is -4.44. The zero-order chi connectivity index (χ0) is 52.3. The molecule has 384 valence electrons. The molecule has 15 nitrogen and oxygen atoms in total. The third-order valence-corrected chi connectivity index (χ3v) is 15.6. The van der Waals surface area contributed by atoms with Crippen LogP contribution < -0.4 is 20.3 Å². The Bertz CT molecular complexity index is 2930. The van der Waals surface area contributed by atoms with Crippen LogP contribution in [0.2, 0.25) is 0 Å². The lowest BCUT2D eigenvalue weighted by Gasteiger charge is -2.36. The van der Waals surface area contributed by atoms with E-state index in [-0.39, 0.29) is 52.8 Å². The van der Waals surface area contributed by atoms with E-state index in [4.69, 9.17) is 9.47 Å². The number of carbonyl (C=O) groups is 4. The number of allylic oxidation sites excluding steroid dienone is 6. The van der Waals surface area contributed by atoms with Crippen molar-refractivity contribution in [2.75, 3.05) is 50.8 Å². The lowest BCUT2D eigenvalue weighted by molar-refractivity contribution is -0.438. The van der Waals surface area contributed by atoms with Crippen LogP contribution >= 0.6 is 0 Å². The van der Waals surface area contributed by atoms with E-state index in [1.807, 2.05) is 65.8 Å². The van der Waals surface area contributed by atoms with Gasteiger partial charge in [-0.25, -0.2) is 0 Å². The molecule has 3 aromatic rings. The molecule has 3 aromatic carbocycles. The van der Waals surface area contributed by atoms with Crippen LogP contribution in [0.5, 0.6) is 11.5 Å². The molecule has 0 saturated heterocycles. The molecule has 0 spiro atoms. The van der Waals surface area contributed by atoms with Gasteiger partial charge in [-0.1, -0.05) is 49.8 Å². The average molecular weight is 1010 g/mol. The predicted molar refractivity (Wildman–Crippen MR) is 278 cm³/mol. The number of amides is 4. The first-order chi connectivity index (χ1) is 34.0. The van der Waals surface area contributed by atoms with Gasteiger partial charge in [-0.2, -0.15) is 13.0 Å². The molecule has 0 saturated carbocycles. The molecule has 4 aliphatic heterocycles. The normalized spacial score (nSPS) is 19.4. The van der Waals surface area contributed by atoms with Gasteiger partial charge < -0.3 is 30.1 Å². The summed E-state index contributed by atoms with van der Waals surface area (Å²) in [6, 6.07) is 11.2. The van der Waals surface area contributed by atoms with E-state index in [1.54, 1.807) is 12.1 Å². The summed E-state index contributed by atoms with van der Waals surface area (Å²) in [5, 5.41) is 16.4. The number of imide groups is 1. The number of aromatic hydroxyl groups is 1. The summed E-state index contributed by atoms with van der Waals surface area (Å²) in [6.07, 6.45) is 16.1. The first kappa shape index (κ1) is 53.4. The monoisotopic (exact) mass is 1000 g/mol. The van der Waals surface area contributed by atoms with Crippen molar-refractivity contribution >= 4 is 50.8 Å². The maximum atomic E-state index is 13.5. The Morgan fingerprint density at radius 2 is 1.56 bits per heavy atom. The Morgan fingerprint density at radius 3 is 2.28 bits per heavy atom. The van der Waals surface area contributed by atoms with E-state index in [9.17, 15) is 37.3 Å². The second kappa shape index (κ2) is 21.4. The second-order valence-corrected chi connectivity index (χ2v) is 21.9. The molecular formula is C56H70N5O10S+. The molecule has 16 heteroatoms. The third kappa shape index (κ3) is 11.0. The SMILES string of the molecule is Cc1ccc2c(c1)C(C)(C)C(=CC=CC=CC1=[N+](CCCCCC(=O)NCCN3C(=O)C=CC3=O)c3ccc(S(=O)(=O)O)cc3C1(C)C)N2CCOCCNC(=O)C1(C)CCc2c(C)c(O)c(C)c(C)c2O1. The Morgan fingerprint density at radius 1 is 0.819 bits per heavy atom. The number of unbranched alkanes of at least 4 members (excludes halogenated alkanes) is 2. The van der Waals surface area contributed by atoms with Gasteiger partial charge in [0.15, 0.2) is 11.3 Å². The number of rotatable bonds is 20. The van der Waals surface area contributed by atoms with E-state index in [2.05, 4.69) is 65.2 Å². The summed E-state index contributed by atoms with van der Waals surface area (Å²) in [6.45, 7) is 20.6. The van der Waals surface area contributed by atoms with Crippen LogP contribution in [0.15, 0.2) is 89.5 Å². The maximum absolute atomic E-state index is 13.5. The van der Waals surface area contributed by atoms with Crippen LogP contribution in [-0.4, -0.2) is 108 Å². The van der Waals surface area contributed by atoms with Gasteiger partial charge in [0.25, 0.3) is 27.8 Å². The van der Waals surface area contributed by atoms with Crippen molar-refractivity contribution in [2.24, 2.45) is 0 Å². The number of benzene rings is 3. The number of phenolic OH excluding ortho intramolecular Hbond substituents is 1. The fraction of sp³-hybridized carbons (Fsp3) is 0.446. The maximum Gasteiger partial charge on any atom is 0.294 e. The summed E-state index contributed by atoms with van der Waals surface area (Å²) < 4.78 is 49.1. The Hall–Kier alpha value is -6.36. The molecule has 72 heavy (non-hydrogen) atoms. The standard InChI is InChI=1S/C56H69N5O10S/c1-36-19-21-44-42(34-36)54(5,6)47(60(44)31-33-70-32-28-58-53(66)56(9)26-25-41-39(4)51(65)37(2)38(3)52(41)71-56)17-13-10-12-16-46-55(7,8)43-35-40(72(67,68)69)20-22-45(43)59(46)29-15-11-14-18-48(62)57-27-30-61-49(63)23-24-50(61)64/h10,12-13,16-17,19-24,34-35H,11,14-15,18,25-33H2,1-9H3,(H3-,57,58,62,65,66,67,68,69)/p+1. The van der Waals surface area contributed by atoms with Crippen LogP contribution in [0.3, 0.4) is 0 Å². The van der Waals surface area contributed by atoms with Gasteiger partial charge in [-0.3, -0.25) is 28.6 Å². The number of carbonyl (C=O) groups excluding carboxylic acids is 4. The molecule has 0 radical (unpaired) electrons. The first-order valence-electron chi connectivity index (χ1n) is 24.9. The number of hydrogen-bond acceptors (Lipinski definition) is 10. The summed E-state index contributed by atoms with van der Waals surface area (Å²) in [5.74, 6) is -0.163. The average Bonchev–Trinajstić information content (AvgIpc) is 3.84. The number of aryl methyl sites for hydroxylation is 1. The molecular weight excluding hydrogens is 935 g/mol. The fourth-order valence-electron chi connectivity index (χ4n) is 10.3. The fourth-order valence-corrected chi connectivity index (χ4v) is 10.8. The molecule has 1 atom stereocenters. The molecule has 7 rings (SSSR count). The Balaban J connectivity index is 0.985. The number of phenols is 1. The highest BCUT2D eigenvalue weighted by Crippen LogP contribution is 2.48. The predicted octanol–water partition coefficient (Wildman–Crippen LogP) is 7.56. The number of hydrogen-bond donors (Lipinski definition) is 4. The largest absolute Gasteiger partial charge is 0.507 e. The zero-order valence-electron chi connectivity index (χ0n) is 43.1. The molecule has 4 N–H and O–H groups in total. The number of nitrogens with zero attached hydrogens (tertiary/aromatic N) is 3. The molecule has 4 heterocycles. The van der Waals surface area contributed by atoms with Crippen molar-refractivity contribution in [1.82, 2.24) is 15.5 Å². The third-order valence-electron chi connectivity index (χ3n) is 14.8. The molecule has 1 unspecified atom stereocenters. The van der Waals surface area contributed by atoms with Crippen molar-refractivity contribution < 1.29 is 51.3 Å². The van der Waals surface area contributed by atoms with E-state index < -0.39 is 21.1 Å². The zero-order valence-corrected chi connectivity index (χ0v) is 43.9. The molecule has 0 bridgehead atoms. The quantitative estimate of drug-likeness (QED) is 0.0287. The van der Waals surface area contributed by atoms with E-state index in [0.717, 1.165) is 68.3 Å². The van der Waals surface area contributed by atoms with E-state index >= 15 is 0 Å². The van der Waals surface area contributed by atoms with Crippen molar-refractivity contribution in [2.45, 2.75) is 122 Å². The molecule has 0 fully saturated rings. The summed E-state index contributed by atoms with van der Waals surface area (Å²) in [7, 11) is -4.44. The van der Waals surface area contributed by atoms with Gasteiger partial charge in [0.1, 0.15) is 18.0 Å². The van der Waals surface area contributed by atoms with Gasteiger partial charge in [0, 0.05) is 97.7 Å². The van der Waals surface area contributed by atoms with Crippen LogP contribution in [0.1, 0.15) is 106 Å². The number of nitrogens with one attached hydrogen (secondary N) is 2. The van der Waals surface area contributed by atoms with Crippen LogP contribution in [0.4, 0.5) is 11.4 Å². The van der Waals surface area contributed by atoms with Gasteiger partial charge in [0.05, 0.1) is 23.5 Å². The lowest BCUT2D eigenvalue weighted by Crippen LogP contribution is -2.51. The summed E-state index contributed by atoms with van der Waals surface area (Å²) in [4.78, 5) is 52.8. The van der Waals surface area contributed by atoms with Crippen molar-refractivity contribution in [1.29, 1.82) is 0 Å². The summed E-state index contributed by atoms with van der Waals surface area (Å²) >= 11 is 0. The molecule has 0 aromatic heterocycles. The van der Waals surface area contributed by atoms with Crippen molar-refractivity contribution in [3.05, 3.63) is 124 Å². The van der Waals surface area contributed by atoms with Crippen molar-refractivity contribution in [3.63, 3.8) is 0 Å². The van der Waals surface area contributed by atoms with E-state index in [0.29, 0.717) is 64.3 Å². The van der Waals surface area contributed by atoms with Crippen LogP contribution in [-0.2, 0) is 51.3 Å². The summed E-state index contributed by atoms with van der Waals surface area (Å²) in [5.41, 5.74) is 8.54. The molecule has 4 amide bonds. The highest BCUT2D eigenvalue weighted by atomic mass is 32.2. The van der Waals surface area contributed by atoms with Gasteiger partial charge in [-0.15, -0.1) is 0 Å². The number of ether oxygens (including phenoxy) is 2. The number of fused-ring (bicyclic) bond motifs is 3. The van der Waals surface area contributed by atoms with Crippen molar-refractivity contribution in [3.8, 4) is 11.5 Å². The number of anilines is 1. The highest BCUT2D eigenvalue weighted by Gasteiger charge is 2.45. The minimum absolute atomic E-state index is 0.117. The molecule has 0 aliphatic carbocycles. The lowest BCUT2D eigenvalue weighted by atomic mass is 9.81. The van der Waals surface area contributed by atoms with Gasteiger partial charge in [-0.05, 0) is 114 Å². The first-order valence-corrected chi connectivity index (χ1v) is 26.3. The second-order valence-electron chi connectivity index (χ2n) is 20.5. The van der Waals surface area contributed by atoms with Crippen LogP contribution in [0, 0.1) is 27.7 Å². The molecule has 4 aliphatic rings.